The molecule has 4 aromatic rings. The number of halogens is 1. The van der Waals surface area contributed by atoms with Gasteiger partial charge in [-0.2, -0.15) is 0 Å². The first-order chi connectivity index (χ1) is 17.4. The Morgan fingerprint density at radius 3 is 2.81 bits per heavy atom. The Bertz CT molecular complexity index is 1340. The number of piperidine rings is 1. The Morgan fingerprint density at radius 1 is 1.33 bits per heavy atom. The number of nitrogens with one attached hydrogen (secondary N) is 1. The minimum atomic E-state index is -0.491. The molecular formula is C24H27ClN6O3S2. The summed E-state index contributed by atoms with van der Waals surface area (Å²) >= 11 is 9.01. The molecular weight excluding hydrogens is 520 g/mol. The second-order valence-corrected chi connectivity index (χ2v) is 11.8. The lowest BCUT2D eigenvalue weighted by Crippen LogP contribution is -2.47. The molecule has 0 saturated carbocycles. The molecule has 1 fully saturated rings. The fourth-order valence-electron chi connectivity index (χ4n) is 4.23. The standard InChI is InChI=1S/C24H27ClN6O3S2/c1-14(2)30-8-6-16(7-9-30)28-24(32)33-22-11-26-23(18-13-35-15(3)27-18)31(22)12-17-10-19(34-29-17)20-4-5-21(25)36-20/h4-5,10-11,13-14,16H,6-9,12H2,1-3H3,(H,28,32). The number of hydrogen-bond donors (Lipinski definition) is 1. The first-order valence-electron chi connectivity index (χ1n) is 11.8. The van der Waals surface area contributed by atoms with E-state index in [2.05, 4.69) is 39.2 Å². The highest BCUT2D eigenvalue weighted by atomic mass is 35.5. The topological polar surface area (TPSA) is 98.3 Å². The SMILES string of the molecule is Cc1nc(-c2ncc(OC(=O)NC3CCN(C(C)C)CC3)n2Cc2cc(-c3ccc(Cl)s3)on2)cs1. The van der Waals surface area contributed by atoms with Crippen molar-refractivity contribution >= 4 is 40.4 Å². The van der Waals surface area contributed by atoms with Crippen LogP contribution < -0.4 is 10.1 Å². The summed E-state index contributed by atoms with van der Waals surface area (Å²) in [7, 11) is 0. The van der Waals surface area contributed by atoms with Crippen LogP contribution in [0.2, 0.25) is 4.34 Å². The van der Waals surface area contributed by atoms with Crippen molar-refractivity contribution in [2.24, 2.45) is 0 Å². The van der Waals surface area contributed by atoms with Crippen LogP contribution in [0.1, 0.15) is 37.4 Å². The van der Waals surface area contributed by atoms with Crippen LogP contribution in [0.4, 0.5) is 4.79 Å². The molecule has 12 heteroatoms. The van der Waals surface area contributed by atoms with E-state index in [0.29, 0.717) is 45.8 Å². The smallest absolute Gasteiger partial charge is 0.391 e. The fraction of sp³-hybridized carbons (Fsp3) is 0.417. The molecule has 190 valence electrons. The largest absolute Gasteiger partial charge is 0.414 e. The van der Waals surface area contributed by atoms with Crippen molar-refractivity contribution in [3.05, 3.63) is 44.8 Å². The maximum Gasteiger partial charge on any atom is 0.414 e. The van der Waals surface area contributed by atoms with Gasteiger partial charge in [-0.25, -0.2) is 14.8 Å². The molecule has 1 amide bonds. The highest BCUT2D eigenvalue weighted by molar-refractivity contribution is 7.19. The highest BCUT2D eigenvalue weighted by Crippen LogP contribution is 2.32. The lowest BCUT2D eigenvalue weighted by molar-refractivity contribution is 0.151. The van der Waals surface area contributed by atoms with Crippen LogP contribution in [0.3, 0.4) is 0 Å². The van der Waals surface area contributed by atoms with Gasteiger partial charge in [0.15, 0.2) is 11.6 Å². The van der Waals surface area contributed by atoms with Crippen LogP contribution in [0, 0.1) is 6.92 Å². The normalized spacial score (nSPS) is 15.0. The molecule has 0 aliphatic carbocycles. The molecule has 9 nitrogen and oxygen atoms in total. The predicted octanol–water partition coefficient (Wildman–Crippen LogP) is 5.69. The zero-order chi connectivity index (χ0) is 25.2. The van der Waals surface area contributed by atoms with Gasteiger partial charge in [-0.15, -0.1) is 22.7 Å². The minimum absolute atomic E-state index is 0.0836. The third-order valence-electron chi connectivity index (χ3n) is 6.14. The van der Waals surface area contributed by atoms with Crippen LogP contribution in [0.5, 0.6) is 5.88 Å². The molecule has 1 saturated heterocycles. The molecule has 5 heterocycles. The van der Waals surface area contributed by atoms with Crippen molar-refractivity contribution in [2.45, 2.75) is 52.2 Å². The van der Waals surface area contributed by atoms with Crippen molar-refractivity contribution in [3.8, 4) is 28.0 Å². The van der Waals surface area contributed by atoms with Crippen molar-refractivity contribution in [1.29, 1.82) is 0 Å². The van der Waals surface area contributed by atoms with E-state index in [0.717, 1.165) is 35.8 Å². The van der Waals surface area contributed by atoms with Gasteiger partial charge in [0.05, 0.1) is 27.0 Å². The lowest BCUT2D eigenvalue weighted by atomic mass is 10.0. The Hall–Kier alpha value is -2.73. The maximum absolute atomic E-state index is 12.8. The Balaban J connectivity index is 1.33. The number of imidazole rings is 1. The second-order valence-electron chi connectivity index (χ2n) is 8.98. The number of carbonyl (C=O) groups is 1. The van der Waals surface area contributed by atoms with Gasteiger partial charge >= 0.3 is 6.09 Å². The molecule has 0 radical (unpaired) electrons. The third-order valence-corrected chi connectivity index (χ3v) is 8.16. The molecule has 4 aromatic heterocycles. The van der Waals surface area contributed by atoms with Crippen molar-refractivity contribution in [1.82, 2.24) is 29.9 Å². The van der Waals surface area contributed by atoms with Crippen LogP contribution in [-0.2, 0) is 6.54 Å². The van der Waals surface area contributed by atoms with E-state index >= 15 is 0 Å². The molecule has 1 aliphatic heterocycles. The average Bonchev–Trinajstić information content (AvgIpc) is 3.64. The Labute approximate surface area is 222 Å². The molecule has 1 aliphatic rings. The van der Waals surface area contributed by atoms with Gasteiger partial charge in [0.2, 0.25) is 5.88 Å². The quantitative estimate of drug-likeness (QED) is 0.318. The monoisotopic (exact) mass is 546 g/mol. The number of carbonyl (C=O) groups excluding carboxylic acids is 1. The van der Waals surface area contributed by atoms with E-state index in [1.165, 1.54) is 22.7 Å². The van der Waals surface area contributed by atoms with Gasteiger partial charge in [0, 0.05) is 36.6 Å². The van der Waals surface area contributed by atoms with Gasteiger partial charge in [-0.1, -0.05) is 16.8 Å². The van der Waals surface area contributed by atoms with Gasteiger partial charge in [-0.05, 0) is 45.7 Å². The van der Waals surface area contributed by atoms with Gasteiger partial charge in [-0.3, -0.25) is 4.57 Å². The van der Waals surface area contributed by atoms with Gasteiger partial charge in [0.1, 0.15) is 11.4 Å². The van der Waals surface area contributed by atoms with Gasteiger partial charge in [0.25, 0.3) is 0 Å². The van der Waals surface area contributed by atoms with E-state index in [1.54, 1.807) is 10.8 Å². The van der Waals surface area contributed by atoms with Crippen molar-refractivity contribution in [3.63, 3.8) is 0 Å². The van der Waals surface area contributed by atoms with E-state index in [-0.39, 0.29) is 6.04 Å². The molecule has 0 spiro atoms. The Kier molecular flexibility index (Phi) is 7.42. The predicted molar refractivity (Wildman–Crippen MR) is 141 cm³/mol. The van der Waals surface area contributed by atoms with E-state index in [4.69, 9.17) is 20.9 Å². The number of likely N-dealkylation sites (tertiary alicyclic amines) is 1. The van der Waals surface area contributed by atoms with E-state index in [9.17, 15) is 4.79 Å². The van der Waals surface area contributed by atoms with Crippen LogP contribution in [-0.4, -0.2) is 55.9 Å². The number of thiazole rings is 1. The summed E-state index contributed by atoms with van der Waals surface area (Å²) in [5, 5.41) is 10.1. The number of rotatable bonds is 7. The first-order valence-corrected chi connectivity index (χ1v) is 13.8. The van der Waals surface area contributed by atoms with Crippen LogP contribution >= 0.6 is 34.3 Å². The first kappa shape index (κ1) is 24.9. The summed E-state index contributed by atoms with van der Waals surface area (Å²) in [5.74, 6) is 1.54. The van der Waals surface area contributed by atoms with E-state index in [1.807, 2.05) is 30.5 Å². The minimum Gasteiger partial charge on any atom is -0.391 e. The molecule has 1 N–H and O–H groups in total. The Morgan fingerprint density at radius 2 is 2.14 bits per heavy atom. The number of amides is 1. The fourth-order valence-corrected chi connectivity index (χ4v) is 5.81. The summed E-state index contributed by atoms with van der Waals surface area (Å²) in [6, 6.07) is 6.15. The second kappa shape index (κ2) is 10.7. The van der Waals surface area contributed by atoms with E-state index < -0.39 is 6.09 Å². The number of aromatic nitrogens is 4. The molecule has 0 atom stereocenters. The summed E-state index contributed by atoms with van der Waals surface area (Å²) in [4.78, 5) is 25.2. The number of thiophene rings is 1. The number of aryl methyl sites for hydroxylation is 1. The van der Waals surface area contributed by atoms with Crippen LogP contribution in [0.25, 0.3) is 22.2 Å². The van der Waals surface area contributed by atoms with Crippen molar-refractivity contribution in [2.75, 3.05) is 13.1 Å². The number of nitrogens with zero attached hydrogens (tertiary/aromatic N) is 5. The third kappa shape index (κ3) is 5.64. The summed E-state index contributed by atoms with van der Waals surface area (Å²) in [5.41, 5.74) is 1.37. The van der Waals surface area contributed by atoms with Gasteiger partial charge < -0.3 is 19.5 Å². The zero-order valence-electron chi connectivity index (χ0n) is 20.2. The number of ether oxygens (including phenoxy) is 1. The highest BCUT2D eigenvalue weighted by Gasteiger charge is 2.24. The molecule has 0 aromatic carbocycles. The lowest BCUT2D eigenvalue weighted by Gasteiger charge is -2.34. The molecule has 0 unspecified atom stereocenters. The average molecular weight is 547 g/mol. The van der Waals surface area contributed by atoms with Crippen LogP contribution in [0.15, 0.2) is 34.3 Å². The van der Waals surface area contributed by atoms with Crippen molar-refractivity contribution < 1.29 is 14.1 Å². The molecule has 36 heavy (non-hydrogen) atoms. The molecule has 5 rings (SSSR count). The summed E-state index contributed by atoms with van der Waals surface area (Å²) in [6.07, 6.45) is 2.84. The summed E-state index contributed by atoms with van der Waals surface area (Å²) in [6.45, 7) is 8.53. The maximum atomic E-state index is 12.8. The molecule has 0 bridgehead atoms. The zero-order valence-corrected chi connectivity index (χ0v) is 22.6. The summed E-state index contributed by atoms with van der Waals surface area (Å²) < 4.78 is 13.7. The number of hydrogen-bond acceptors (Lipinski definition) is 9.